The third kappa shape index (κ3) is 1.89. The third-order valence-electron chi connectivity index (χ3n) is 3.89. The molecule has 98 valence electrons. The molecule has 1 aromatic heterocycles. The van der Waals surface area contributed by atoms with Gasteiger partial charge in [-0.1, -0.05) is 20.3 Å². The van der Waals surface area contributed by atoms with Gasteiger partial charge in [-0.3, -0.25) is 0 Å². The standard InChI is InChI=1S/C13H16F2N2S/c1-3-7(2)8-4-5-13(14,15)11-10(8)9(6-16)12(17)18-11/h7-8H,3-5,17H2,1-2H3. The van der Waals surface area contributed by atoms with Crippen molar-refractivity contribution in [2.24, 2.45) is 5.92 Å². The third-order valence-corrected chi connectivity index (χ3v) is 5.03. The predicted octanol–water partition coefficient (Wildman–Crippen LogP) is 4.22. The Hall–Kier alpha value is -1.15. The smallest absolute Gasteiger partial charge is 0.282 e. The number of anilines is 1. The summed E-state index contributed by atoms with van der Waals surface area (Å²) in [5, 5.41) is 9.37. The van der Waals surface area contributed by atoms with E-state index in [2.05, 4.69) is 0 Å². The maximum Gasteiger partial charge on any atom is 0.282 e. The number of fused-ring (bicyclic) bond motifs is 1. The van der Waals surface area contributed by atoms with Crippen LogP contribution in [0.5, 0.6) is 0 Å². The molecule has 0 aromatic carbocycles. The van der Waals surface area contributed by atoms with Crippen molar-refractivity contribution in [2.75, 3.05) is 5.73 Å². The van der Waals surface area contributed by atoms with E-state index in [9.17, 15) is 8.78 Å². The van der Waals surface area contributed by atoms with Crippen LogP contribution in [0, 0.1) is 17.2 Å². The molecule has 1 aromatic rings. The maximum atomic E-state index is 13.9. The van der Waals surface area contributed by atoms with E-state index in [0.717, 1.165) is 17.8 Å². The zero-order chi connectivity index (χ0) is 13.5. The second-order valence-electron chi connectivity index (χ2n) is 4.93. The lowest BCUT2D eigenvalue weighted by atomic mass is 9.76. The molecule has 1 aliphatic rings. The van der Waals surface area contributed by atoms with Crippen LogP contribution in [0.15, 0.2) is 0 Å². The minimum absolute atomic E-state index is 0.0214. The lowest BCUT2D eigenvalue weighted by Gasteiger charge is -2.32. The second kappa shape index (κ2) is 4.51. The van der Waals surface area contributed by atoms with Gasteiger partial charge in [0.05, 0.1) is 10.4 Å². The molecule has 0 spiro atoms. The molecule has 1 aliphatic carbocycles. The first-order chi connectivity index (χ1) is 8.42. The summed E-state index contributed by atoms with van der Waals surface area (Å²) in [5.74, 6) is -2.50. The van der Waals surface area contributed by atoms with Crippen LogP contribution in [0.4, 0.5) is 13.8 Å². The van der Waals surface area contributed by atoms with Crippen molar-refractivity contribution >= 4 is 16.3 Å². The van der Waals surface area contributed by atoms with Crippen LogP contribution in [-0.2, 0) is 5.92 Å². The van der Waals surface area contributed by atoms with Gasteiger partial charge in [0, 0.05) is 6.42 Å². The largest absolute Gasteiger partial charge is 0.389 e. The van der Waals surface area contributed by atoms with Crippen LogP contribution in [0.1, 0.15) is 55.0 Å². The molecule has 2 nitrogen and oxygen atoms in total. The van der Waals surface area contributed by atoms with Crippen LogP contribution in [0.2, 0.25) is 0 Å². The summed E-state index contributed by atoms with van der Waals surface area (Å²) in [6.45, 7) is 4.09. The molecule has 2 atom stereocenters. The number of thiophene rings is 1. The summed E-state index contributed by atoms with van der Waals surface area (Å²) in [5.41, 5.74) is 6.52. The Morgan fingerprint density at radius 3 is 2.83 bits per heavy atom. The topological polar surface area (TPSA) is 49.8 Å². The number of nitrogen functional groups attached to an aromatic ring is 1. The Balaban J connectivity index is 2.61. The molecule has 0 fully saturated rings. The number of rotatable bonds is 2. The highest BCUT2D eigenvalue weighted by Gasteiger charge is 2.45. The monoisotopic (exact) mass is 270 g/mol. The Morgan fingerprint density at radius 1 is 1.61 bits per heavy atom. The first kappa shape index (κ1) is 13.3. The number of nitriles is 1. The number of nitrogens with zero attached hydrogens (tertiary/aromatic N) is 1. The molecule has 0 radical (unpaired) electrons. The van der Waals surface area contributed by atoms with Gasteiger partial charge in [0.15, 0.2) is 0 Å². The molecule has 2 rings (SSSR count). The Labute approximate surface area is 109 Å². The summed E-state index contributed by atoms with van der Waals surface area (Å²) in [6, 6.07) is 2.00. The van der Waals surface area contributed by atoms with Gasteiger partial charge in [0.2, 0.25) is 0 Å². The molecule has 0 amide bonds. The molecule has 2 unspecified atom stereocenters. The van der Waals surface area contributed by atoms with Crippen LogP contribution < -0.4 is 5.73 Å². The molecular weight excluding hydrogens is 254 g/mol. The van der Waals surface area contributed by atoms with E-state index in [1.807, 2.05) is 19.9 Å². The van der Waals surface area contributed by atoms with Crippen molar-refractivity contribution in [3.8, 4) is 6.07 Å². The van der Waals surface area contributed by atoms with E-state index in [4.69, 9.17) is 11.0 Å². The minimum Gasteiger partial charge on any atom is -0.389 e. The number of hydrogen-bond acceptors (Lipinski definition) is 3. The second-order valence-corrected chi connectivity index (χ2v) is 5.98. The van der Waals surface area contributed by atoms with E-state index >= 15 is 0 Å². The molecule has 0 bridgehead atoms. The summed E-state index contributed by atoms with van der Waals surface area (Å²) in [4.78, 5) is 0.0214. The zero-order valence-corrected chi connectivity index (χ0v) is 11.3. The molecule has 1 heterocycles. The van der Waals surface area contributed by atoms with E-state index in [0.29, 0.717) is 17.9 Å². The normalized spacial score (nSPS) is 23.2. The lowest BCUT2D eigenvalue weighted by molar-refractivity contribution is -0.0234. The minimum atomic E-state index is -2.83. The summed E-state index contributed by atoms with van der Waals surface area (Å²) in [7, 11) is 0. The number of alkyl halides is 2. The van der Waals surface area contributed by atoms with E-state index < -0.39 is 5.92 Å². The van der Waals surface area contributed by atoms with Crippen molar-refractivity contribution < 1.29 is 8.78 Å². The van der Waals surface area contributed by atoms with Gasteiger partial charge < -0.3 is 5.73 Å². The average molecular weight is 270 g/mol. The molecule has 0 saturated carbocycles. The summed E-state index contributed by atoms with van der Waals surface area (Å²) >= 11 is 0.885. The van der Waals surface area contributed by atoms with Gasteiger partial charge in [0.1, 0.15) is 11.1 Å². The molecular formula is C13H16F2N2S. The number of nitrogens with two attached hydrogens (primary N) is 1. The highest BCUT2D eigenvalue weighted by Crippen LogP contribution is 2.53. The van der Waals surface area contributed by atoms with Crippen molar-refractivity contribution in [2.45, 2.75) is 45.0 Å². The SMILES string of the molecule is CCC(C)C1CCC(F)(F)c2sc(N)c(C#N)c21. The highest BCUT2D eigenvalue weighted by atomic mass is 32.1. The fraction of sp³-hybridized carbons (Fsp3) is 0.615. The maximum absolute atomic E-state index is 13.9. The fourth-order valence-corrected chi connectivity index (χ4v) is 3.74. The molecule has 2 N–H and O–H groups in total. The molecule has 18 heavy (non-hydrogen) atoms. The van der Waals surface area contributed by atoms with E-state index in [1.54, 1.807) is 0 Å². The Kier molecular flexibility index (Phi) is 3.33. The Morgan fingerprint density at radius 2 is 2.28 bits per heavy atom. The fourth-order valence-electron chi connectivity index (χ4n) is 2.65. The van der Waals surface area contributed by atoms with Gasteiger partial charge in [-0.2, -0.15) is 5.26 Å². The summed E-state index contributed by atoms with van der Waals surface area (Å²) < 4.78 is 27.8. The van der Waals surface area contributed by atoms with Gasteiger partial charge in [0.25, 0.3) is 5.92 Å². The van der Waals surface area contributed by atoms with Gasteiger partial charge >= 0.3 is 0 Å². The van der Waals surface area contributed by atoms with E-state index in [1.165, 1.54) is 0 Å². The van der Waals surface area contributed by atoms with Crippen LogP contribution in [0.3, 0.4) is 0 Å². The first-order valence-corrected chi connectivity index (χ1v) is 6.94. The molecule has 0 saturated heterocycles. The highest BCUT2D eigenvalue weighted by molar-refractivity contribution is 7.16. The van der Waals surface area contributed by atoms with Crippen LogP contribution >= 0.6 is 11.3 Å². The number of halogens is 2. The van der Waals surface area contributed by atoms with Gasteiger partial charge in [-0.15, -0.1) is 11.3 Å². The average Bonchev–Trinajstić information content (AvgIpc) is 2.66. The van der Waals surface area contributed by atoms with Gasteiger partial charge in [-0.25, -0.2) is 8.78 Å². The summed E-state index contributed by atoms with van der Waals surface area (Å²) in [6.07, 6.45) is 1.20. The van der Waals surface area contributed by atoms with Crippen molar-refractivity contribution in [3.63, 3.8) is 0 Å². The molecule has 0 aliphatic heterocycles. The first-order valence-electron chi connectivity index (χ1n) is 6.13. The molecule has 5 heteroatoms. The van der Waals surface area contributed by atoms with Crippen molar-refractivity contribution in [3.05, 3.63) is 16.0 Å². The zero-order valence-electron chi connectivity index (χ0n) is 10.5. The van der Waals surface area contributed by atoms with Crippen molar-refractivity contribution in [1.29, 1.82) is 5.26 Å². The van der Waals surface area contributed by atoms with Crippen LogP contribution in [0.25, 0.3) is 0 Å². The van der Waals surface area contributed by atoms with Gasteiger partial charge in [-0.05, 0) is 23.8 Å². The quantitative estimate of drug-likeness (QED) is 0.874. The Bertz CT molecular complexity index is 502. The van der Waals surface area contributed by atoms with Crippen LogP contribution in [-0.4, -0.2) is 0 Å². The lowest BCUT2D eigenvalue weighted by Crippen LogP contribution is -2.25. The van der Waals surface area contributed by atoms with Crippen molar-refractivity contribution in [1.82, 2.24) is 0 Å². The number of hydrogen-bond donors (Lipinski definition) is 1. The van der Waals surface area contributed by atoms with E-state index in [-0.39, 0.29) is 27.8 Å². The predicted molar refractivity (Wildman–Crippen MR) is 68.8 cm³/mol.